The molecule has 0 fully saturated rings. The summed E-state index contributed by atoms with van der Waals surface area (Å²) in [4.78, 5) is 0. The summed E-state index contributed by atoms with van der Waals surface area (Å²) in [5, 5.41) is 18.1. The smallest absolute Gasteiger partial charge is 0.124 e. The summed E-state index contributed by atoms with van der Waals surface area (Å²) >= 11 is 0. The van der Waals surface area contributed by atoms with Gasteiger partial charge in [-0.1, -0.05) is 35.5 Å². The second-order valence-electron chi connectivity index (χ2n) is 4.08. The summed E-state index contributed by atoms with van der Waals surface area (Å²) in [6.45, 7) is 1.26. The molecule has 0 bridgehead atoms. The Morgan fingerprint density at radius 2 is 1.95 bits per heavy atom. The van der Waals surface area contributed by atoms with Crippen molar-refractivity contribution >= 4 is 0 Å². The van der Waals surface area contributed by atoms with Crippen molar-refractivity contribution in [2.75, 3.05) is 0 Å². The molecule has 0 atom stereocenters. The molecular formula is C13H13N5O. The lowest BCUT2D eigenvalue weighted by molar-refractivity contribution is 0.408. The summed E-state index contributed by atoms with van der Waals surface area (Å²) in [5.41, 5.74) is 3.67. The molecular weight excluding hydrogens is 242 g/mol. The molecule has 6 nitrogen and oxygen atoms in total. The zero-order valence-electron chi connectivity index (χ0n) is 10.2. The third kappa shape index (κ3) is 2.69. The van der Waals surface area contributed by atoms with Crippen LogP contribution in [0.25, 0.3) is 11.3 Å². The van der Waals surface area contributed by atoms with Crippen LogP contribution in [0.4, 0.5) is 0 Å². The largest absolute Gasteiger partial charge is 0.364 e. The molecule has 0 spiro atoms. The summed E-state index contributed by atoms with van der Waals surface area (Å²) in [7, 11) is 0. The number of hydrogen-bond acceptors (Lipinski definition) is 5. The van der Waals surface area contributed by atoms with Gasteiger partial charge in [-0.05, 0) is 0 Å². The Bertz CT molecular complexity index is 618. The van der Waals surface area contributed by atoms with Gasteiger partial charge < -0.3 is 9.84 Å². The van der Waals surface area contributed by atoms with Gasteiger partial charge in [-0.25, -0.2) is 0 Å². The summed E-state index contributed by atoms with van der Waals surface area (Å²) in [6, 6.07) is 11.8. The molecule has 0 aliphatic heterocycles. The minimum atomic E-state index is 0.619. The molecule has 0 amide bonds. The van der Waals surface area contributed by atoms with Crippen molar-refractivity contribution in [3.05, 3.63) is 54.0 Å². The van der Waals surface area contributed by atoms with Crippen LogP contribution in [-0.4, -0.2) is 20.6 Å². The maximum Gasteiger partial charge on any atom is 0.124 e. The van der Waals surface area contributed by atoms with Gasteiger partial charge in [-0.15, -0.1) is 0 Å². The van der Waals surface area contributed by atoms with Crippen LogP contribution >= 0.6 is 0 Å². The molecule has 0 saturated heterocycles. The third-order valence-electron chi connectivity index (χ3n) is 2.76. The van der Waals surface area contributed by atoms with Crippen LogP contribution in [0.5, 0.6) is 0 Å². The number of nitrogens with one attached hydrogen (secondary N) is 2. The highest BCUT2D eigenvalue weighted by molar-refractivity contribution is 5.60. The average Bonchev–Trinajstić information content (AvgIpc) is 3.11. The van der Waals surface area contributed by atoms with Crippen molar-refractivity contribution in [2.24, 2.45) is 0 Å². The predicted octanol–water partition coefficient (Wildman–Crippen LogP) is 1.75. The van der Waals surface area contributed by atoms with E-state index in [1.165, 1.54) is 0 Å². The van der Waals surface area contributed by atoms with Gasteiger partial charge in [0.15, 0.2) is 0 Å². The fourth-order valence-corrected chi connectivity index (χ4v) is 1.84. The van der Waals surface area contributed by atoms with Crippen molar-refractivity contribution in [1.82, 2.24) is 25.9 Å². The summed E-state index contributed by atoms with van der Waals surface area (Å²) in [6.07, 6.45) is 1.56. The van der Waals surface area contributed by atoms with Crippen LogP contribution < -0.4 is 5.32 Å². The van der Waals surface area contributed by atoms with Crippen molar-refractivity contribution in [2.45, 2.75) is 13.1 Å². The van der Waals surface area contributed by atoms with E-state index in [4.69, 9.17) is 4.52 Å². The second-order valence-corrected chi connectivity index (χ2v) is 4.08. The highest BCUT2D eigenvalue weighted by Crippen LogP contribution is 2.18. The Morgan fingerprint density at radius 3 is 2.74 bits per heavy atom. The van der Waals surface area contributed by atoms with E-state index in [0.717, 1.165) is 22.6 Å². The first-order valence-corrected chi connectivity index (χ1v) is 5.98. The van der Waals surface area contributed by atoms with Gasteiger partial charge in [0.1, 0.15) is 17.7 Å². The van der Waals surface area contributed by atoms with Crippen molar-refractivity contribution in [3.63, 3.8) is 0 Å². The molecule has 2 aromatic heterocycles. The van der Waals surface area contributed by atoms with Gasteiger partial charge in [-0.2, -0.15) is 15.4 Å². The Labute approximate surface area is 109 Å². The van der Waals surface area contributed by atoms with E-state index in [1.54, 1.807) is 6.26 Å². The van der Waals surface area contributed by atoms with Crippen LogP contribution in [-0.2, 0) is 13.1 Å². The van der Waals surface area contributed by atoms with Crippen LogP contribution in [0.15, 0.2) is 47.2 Å². The quantitative estimate of drug-likeness (QED) is 0.726. The fourth-order valence-electron chi connectivity index (χ4n) is 1.84. The molecule has 6 heteroatoms. The van der Waals surface area contributed by atoms with Crippen molar-refractivity contribution in [3.8, 4) is 11.3 Å². The van der Waals surface area contributed by atoms with Crippen LogP contribution in [0, 0.1) is 0 Å². The van der Waals surface area contributed by atoms with E-state index in [0.29, 0.717) is 13.1 Å². The van der Waals surface area contributed by atoms with E-state index in [9.17, 15) is 0 Å². The van der Waals surface area contributed by atoms with Gasteiger partial charge >= 0.3 is 0 Å². The third-order valence-corrected chi connectivity index (χ3v) is 2.76. The average molecular weight is 255 g/mol. The Balaban J connectivity index is 1.67. The maximum absolute atomic E-state index is 4.77. The molecule has 19 heavy (non-hydrogen) atoms. The number of aromatic amines is 1. The number of aromatic nitrogens is 4. The SMILES string of the molecule is c1ccc(-c2n[nH]nc2CNCc2ccon2)cc1. The van der Waals surface area contributed by atoms with Crippen LogP contribution in [0.2, 0.25) is 0 Å². The molecule has 0 radical (unpaired) electrons. The molecule has 3 aromatic rings. The van der Waals surface area contributed by atoms with Crippen LogP contribution in [0.3, 0.4) is 0 Å². The van der Waals surface area contributed by atoms with Gasteiger partial charge in [0.2, 0.25) is 0 Å². The van der Waals surface area contributed by atoms with Crippen molar-refractivity contribution in [1.29, 1.82) is 0 Å². The van der Waals surface area contributed by atoms with Gasteiger partial charge in [-0.3, -0.25) is 0 Å². The van der Waals surface area contributed by atoms with E-state index in [-0.39, 0.29) is 0 Å². The van der Waals surface area contributed by atoms with E-state index < -0.39 is 0 Å². The normalized spacial score (nSPS) is 10.7. The van der Waals surface area contributed by atoms with Crippen LogP contribution in [0.1, 0.15) is 11.4 Å². The topological polar surface area (TPSA) is 79.6 Å². The fraction of sp³-hybridized carbons (Fsp3) is 0.154. The molecule has 3 rings (SSSR count). The zero-order chi connectivity index (χ0) is 12.9. The molecule has 96 valence electrons. The first-order chi connectivity index (χ1) is 9.43. The van der Waals surface area contributed by atoms with E-state index in [1.807, 2.05) is 36.4 Å². The Kier molecular flexibility index (Phi) is 3.33. The van der Waals surface area contributed by atoms with E-state index >= 15 is 0 Å². The maximum atomic E-state index is 4.77. The number of H-pyrrole nitrogens is 1. The zero-order valence-corrected chi connectivity index (χ0v) is 10.2. The van der Waals surface area contributed by atoms with Gasteiger partial charge in [0.05, 0.1) is 5.69 Å². The first-order valence-electron chi connectivity index (χ1n) is 5.98. The lowest BCUT2D eigenvalue weighted by Crippen LogP contribution is -2.13. The molecule has 0 aliphatic carbocycles. The summed E-state index contributed by atoms with van der Waals surface area (Å²) < 4.78 is 4.77. The Morgan fingerprint density at radius 1 is 1.05 bits per heavy atom. The molecule has 2 N–H and O–H groups in total. The number of benzene rings is 1. The molecule has 0 aliphatic rings. The monoisotopic (exact) mass is 255 g/mol. The second kappa shape index (κ2) is 5.45. The summed E-state index contributed by atoms with van der Waals surface area (Å²) in [5.74, 6) is 0. The van der Waals surface area contributed by atoms with Gasteiger partial charge in [0.25, 0.3) is 0 Å². The lowest BCUT2D eigenvalue weighted by Gasteiger charge is -2.02. The standard InChI is InChI=1S/C13H13N5O/c1-2-4-10(5-3-1)13-12(15-18-16-13)9-14-8-11-6-7-19-17-11/h1-7,14H,8-9H2,(H,15,16,18). The molecule has 1 aromatic carbocycles. The minimum Gasteiger partial charge on any atom is -0.364 e. The lowest BCUT2D eigenvalue weighted by atomic mass is 10.1. The molecule has 0 unspecified atom stereocenters. The Hall–Kier alpha value is -2.47. The highest BCUT2D eigenvalue weighted by Gasteiger charge is 2.09. The highest BCUT2D eigenvalue weighted by atomic mass is 16.5. The predicted molar refractivity (Wildman–Crippen MR) is 68.9 cm³/mol. The number of rotatable bonds is 5. The minimum absolute atomic E-state index is 0.619. The van der Waals surface area contributed by atoms with Gasteiger partial charge in [0, 0.05) is 24.7 Å². The van der Waals surface area contributed by atoms with Crippen molar-refractivity contribution < 1.29 is 4.52 Å². The van der Waals surface area contributed by atoms with E-state index in [2.05, 4.69) is 25.9 Å². The molecule has 2 heterocycles. The molecule has 0 saturated carbocycles. The number of nitrogens with zero attached hydrogens (tertiary/aromatic N) is 3. The first kappa shape index (κ1) is 11.6. The number of hydrogen-bond donors (Lipinski definition) is 2.